The lowest BCUT2D eigenvalue weighted by Gasteiger charge is -2.34. The number of rotatable bonds is 15. The number of methoxy groups -OCH3 is 1. The summed E-state index contributed by atoms with van der Waals surface area (Å²) >= 11 is 0. The fraction of sp³-hybridized carbons (Fsp3) is 0.667. The number of nitroso groups, excluding NO2 is 2. The fourth-order valence-electron chi connectivity index (χ4n) is 2.76. The van der Waals surface area contributed by atoms with Gasteiger partial charge in [-0.3, -0.25) is 0 Å². The van der Waals surface area contributed by atoms with Crippen molar-refractivity contribution in [2.45, 2.75) is 25.1 Å². The van der Waals surface area contributed by atoms with Crippen LogP contribution in [0.3, 0.4) is 0 Å². The van der Waals surface area contributed by atoms with Crippen molar-refractivity contribution in [1.82, 2.24) is 0 Å². The van der Waals surface area contributed by atoms with Gasteiger partial charge in [-0.15, -0.1) is 0 Å². The minimum Gasteiger partial charge on any atom is -0.390 e. The summed E-state index contributed by atoms with van der Waals surface area (Å²) < 4.78 is 10.8. The highest BCUT2D eigenvalue weighted by atomic mass is 16.5. The van der Waals surface area contributed by atoms with Crippen LogP contribution in [0.2, 0.25) is 0 Å². The Labute approximate surface area is 154 Å². The number of hydrogen-bond acceptors (Lipinski definition) is 7. The molecule has 0 aliphatic heterocycles. The Morgan fingerprint density at radius 3 is 2.46 bits per heavy atom. The molecule has 146 valence electrons. The second-order valence-corrected chi connectivity index (χ2v) is 6.76. The normalized spacial score (nSPS) is 15.8. The number of aliphatic hydroxyl groups excluding tert-OH is 1. The smallest absolute Gasteiger partial charge is 0.138 e. The summed E-state index contributed by atoms with van der Waals surface area (Å²) in [6.07, 6.45) is -0.131. The summed E-state index contributed by atoms with van der Waals surface area (Å²) in [6.45, 7) is 2.74. The van der Waals surface area contributed by atoms with E-state index in [0.717, 1.165) is 6.54 Å². The molecule has 26 heavy (non-hydrogen) atoms. The molecule has 1 aromatic carbocycles. The number of quaternary nitrogens is 1. The third-order valence-electron chi connectivity index (χ3n) is 4.27. The van der Waals surface area contributed by atoms with Crippen LogP contribution in [0.1, 0.15) is 12.0 Å². The molecule has 3 atom stereocenters. The lowest BCUT2D eigenvalue weighted by molar-refractivity contribution is -0.921. The first-order valence-corrected chi connectivity index (χ1v) is 8.77. The molecule has 1 aromatic rings. The summed E-state index contributed by atoms with van der Waals surface area (Å²) in [7, 11) is 3.55. The number of hydrogen-bond donors (Lipinski definition) is 1. The lowest BCUT2D eigenvalue weighted by atomic mass is 10.1. The van der Waals surface area contributed by atoms with E-state index in [-0.39, 0.29) is 26.4 Å². The maximum atomic E-state index is 10.6. The van der Waals surface area contributed by atoms with Gasteiger partial charge in [-0.05, 0) is 0 Å². The summed E-state index contributed by atoms with van der Waals surface area (Å²) in [4.78, 5) is 21.1. The molecule has 0 bridgehead atoms. The maximum absolute atomic E-state index is 10.6. The van der Waals surface area contributed by atoms with Gasteiger partial charge in [-0.2, -0.15) is 9.81 Å². The fourth-order valence-corrected chi connectivity index (χ4v) is 2.76. The molecule has 0 radical (unpaired) electrons. The molecule has 0 aromatic heterocycles. The van der Waals surface area contributed by atoms with E-state index in [1.54, 1.807) is 0 Å². The maximum Gasteiger partial charge on any atom is 0.138 e. The van der Waals surface area contributed by atoms with Crippen LogP contribution in [0.4, 0.5) is 0 Å². The summed E-state index contributed by atoms with van der Waals surface area (Å²) in [5, 5.41) is 16.1. The second kappa shape index (κ2) is 12.6. The van der Waals surface area contributed by atoms with E-state index in [0.29, 0.717) is 24.0 Å². The highest BCUT2D eigenvalue weighted by Gasteiger charge is 2.23. The van der Waals surface area contributed by atoms with Gasteiger partial charge in [0.15, 0.2) is 0 Å². The topological polar surface area (TPSA) is 97.6 Å². The van der Waals surface area contributed by atoms with E-state index in [1.807, 2.05) is 30.3 Å². The number of benzene rings is 1. The molecule has 0 aliphatic rings. The van der Waals surface area contributed by atoms with E-state index in [1.165, 1.54) is 12.7 Å². The molecule has 3 unspecified atom stereocenters. The minimum atomic E-state index is -0.651. The summed E-state index contributed by atoms with van der Waals surface area (Å²) in [5.74, 6) is 0. The van der Waals surface area contributed by atoms with Gasteiger partial charge >= 0.3 is 0 Å². The highest BCUT2D eigenvalue weighted by Crippen LogP contribution is 2.14. The zero-order chi connectivity index (χ0) is 19.3. The average molecular weight is 368 g/mol. The number of ether oxygens (including phenoxy) is 2. The highest BCUT2D eigenvalue weighted by molar-refractivity contribution is 5.13. The van der Waals surface area contributed by atoms with Gasteiger partial charge in [0.2, 0.25) is 0 Å². The molecule has 1 N–H and O–H groups in total. The van der Waals surface area contributed by atoms with Crippen LogP contribution < -0.4 is 0 Å². The van der Waals surface area contributed by atoms with Crippen LogP contribution >= 0.6 is 0 Å². The number of aliphatic hydroxyl groups is 1. The van der Waals surface area contributed by atoms with Crippen molar-refractivity contribution in [3.8, 4) is 0 Å². The molecule has 1 rings (SSSR count). The van der Waals surface area contributed by atoms with E-state index in [4.69, 9.17) is 9.47 Å². The van der Waals surface area contributed by atoms with Crippen molar-refractivity contribution in [2.75, 3.05) is 53.6 Å². The molecule has 8 heteroatoms. The van der Waals surface area contributed by atoms with Gasteiger partial charge in [0, 0.05) is 19.1 Å². The van der Waals surface area contributed by atoms with Crippen LogP contribution in [0.15, 0.2) is 40.7 Å². The molecule has 0 saturated carbocycles. The van der Waals surface area contributed by atoms with Crippen LogP contribution in [-0.4, -0.2) is 75.3 Å². The van der Waals surface area contributed by atoms with E-state index in [2.05, 4.69) is 17.4 Å². The van der Waals surface area contributed by atoms with Crippen LogP contribution in [0.25, 0.3) is 0 Å². The van der Waals surface area contributed by atoms with E-state index in [9.17, 15) is 14.9 Å². The predicted molar refractivity (Wildman–Crippen MR) is 99.6 cm³/mol. The Morgan fingerprint density at radius 2 is 1.85 bits per heavy atom. The first kappa shape index (κ1) is 22.3. The van der Waals surface area contributed by atoms with Crippen molar-refractivity contribution < 1.29 is 19.1 Å². The van der Waals surface area contributed by atoms with Crippen molar-refractivity contribution in [2.24, 2.45) is 10.4 Å². The van der Waals surface area contributed by atoms with Gasteiger partial charge in [0.25, 0.3) is 0 Å². The van der Waals surface area contributed by atoms with E-state index < -0.39 is 12.1 Å². The Bertz CT molecular complexity index is 517. The van der Waals surface area contributed by atoms with Gasteiger partial charge in [0.05, 0.1) is 39.5 Å². The number of nitrogens with zero attached hydrogens (tertiary/aromatic N) is 3. The van der Waals surface area contributed by atoms with Crippen molar-refractivity contribution in [3.05, 3.63) is 45.7 Å². The van der Waals surface area contributed by atoms with Gasteiger partial charge < -0.3 is 19.1 Å². The van der Waals surface area contributed by atoms with E-state index >= 15 is 0 Å². The van der Waals surface area contributed by atoms with Crippen LogP contribution in [0, 0.1) is 9.81 Å². The molecular formula is C18H30N3O5+. The average Bonchev–Trinajstić information content (AvgIpc) is 2.65. The van der Waals surface area contributed by atoms with Crippen LogP contribution in [0.5, 0.6) is 0 Å². The third-order valence-corrected chi connectivity index (χ3v) is 4.27. The molecular weight excluding hydrogens is 338 g/mol. The van der Waals surface area contributed by atoms with Crippen molar-refractivity contribution >= 4 is 0 Å². The quantitative estimate of drug-likeness (QED) is 0.377. The molecule has 0 fully saturated rings. The summed E-state index contributed by atoms with van der Waals surface area (Å²) in [6, 6.07) is 9.47. The minimum absolute atomic E-state index is 0.125. The lowest BCUT2D eigenvalue weighted by Crippen LogP contribution is -2.47. The largest absolute Gasteiger partial charge is 0.390 e. The zero-order valence-electron chi connectivity index (χ0n) is 15.6. The zero-order valence-corrected chi connectivity index (χ0v) is 15.6. The first-order chi connectivity index (χ1) is 12.5. The molecule has 0 heterocycles. The summed E-state index contributed by atoms with van der Waals surface area (Å²) in [5.41, 5.74) is 1.17. The molecule has 0 spiro atoms. The Hall–Kier alpha value is -1.74. The monoisotopic (exact) mass is 368 g/mol. The van der Waals surface area contributed by atoms with Crippen LogP contribution in [-0.2, 0) is 16.0 Å². The third kappa shape index (κ3) is 9.10. The Balaban J connectivity index is 2.46. The molecule has 0 amide bonds. The Kier molecular flexibility index (Phi) is 10.8. The Morgan fingerprint density at radius 1 is 1.12 bits per heavy atom. The molecule has 0 aliphatic carbocycles. The van der Waals surface area contributed by atoms with Gasteiger partial charge in [0.1, 0.15) is 25.7 Å². The van der Waals surface area contributed by atoms with Crippen molar-refractivity contribution in [1.29, 1.82) is 0 Å². The predicted octanol–water partition coefficient (Wildman–Crippen LogP) is 1.95. The first-order valence-electron chi connectivity index (χ1n) is 8.77. The SMILES string of the molecule is COCC(COCC(O)CC[N+](C)(CCN=O)Cc1ccccc1)N=O. The molecule has 8 nitrogen and oxygen atoms in total. The molecule has 0 saturated heterocycles. The van der Waals surface area contributed by atoms with Gasteiger partial charge in [-0.25, -0.2) is 0 Å². The second-order valence-electron chi connectivity index (χ2n) is 6.76. The number of likely N-dealkylation sites (N-methyl/N-ethyl adjacent to an activating group) is 1. The van der Waals surface area contributed by atoms with Gasteiger partial charge in [-0.1, -0.05) is 40.7 Å². The standard InChI is InChI=1S/C18H30N3O5/c1-21(11-9-19-23,12-16-6-4-3-5-7-16)10-8-18(22)15-26-14-17(20-24)13-25-2/h3-7,17-18,22H,8-15H2,1-2H3/q+1. The van der Waals surface area contributed by atoms with Crippen molar-refractivity contribution in [3.63, 3.8) is 0 Å².